The minimum atomic E-state index is 0.0248. The first-order chi connectivity index (χ1) is 10.6. The molecule has 0 radical (unpaired) electrons. The van der Waals surface area contributed by atoms with E-state index in [1.165, 1.54) is 17.3 Å². The zero-order valence-corrected chi connectivity index (χ0v) is 13.7. The highest BCUT2D eigenvalue weighted by atomic mass is 32.2. The predicted octanol–water partition coefficient (Wildman–Crippen LogP) is 3.94. The maximum atomic E-state index is 12.8. The predicted molar refractivity (Wildman–Crippen MR) is 91.0 cm³/mol. The van der Waals surface area contributed by atoms with E-state index in [0.29, 0.717) is 0 Å². The summed E-state index contributed by atoms with van der Waals surface area (Å²) in [6.45, 7) is 4.04. The lowest BCUT2D eigenvalue weighted by Gasteiger charge is -2.07. The van der Waals surface area contributed by atoms with Gasteiger partial charge in [0.2, 0.25) is 0 Å². The standard InChI is InChI=1S/C18H18N2OS/c1-13-9-11-16(12-10-13)22-17-14(2)19(3)20(18(17)21)15-7-5-4-6-8-15/h4-12H,1-3H3. The molecular weight excluding hydrogens is 292 g/mol. The Morgan fingerprint density at radius 1 is 0.909 bits per heavy atom. The van der Waals surface area contributed by atoms with Crippen LogP contribution in [0.1, 0.15) is 11.3 Å². The molecule has 0 unspecified atom stereocenters. The van der Waals surface area contributed by atoms with Crippen molar-refractivity contribution in [2.45, 2.75) is 23.6 Å². The van der Waals surface area contributed by atoms with Crippen molar-refractivity contribution in [1.82, 2.24) is 9.36 Å². The first kappa shape index (κ1) is 14.7. The van der Waals surface area contributed by atoms with Crippen molar-refractivity contribution in [3.05, 3.63) is 76.2 Å². The van der Waals surface area contributed by atoms with Crippen molar-refractivity contribution in [2.24, 2.45) is 7.05 Å². The summed E-state index contributed by atoms with van der Waals surface area (Å²) in [4.78, 5) is 14.7. The van der Waals surface area contributed by atoms with Crippen LogP contribution < -0.4 is 5.56 Å². The Morgan fingerprint density at radius 3 is 2.18 bits per heavy atom. The highest BCUT2D eigenvalue weighted by molar-refractivity contribution is 7.99. The third-order valence-corrected chi connectivity index (χ3v) is 4.92. The third-order valence-electron chi connectivity index (χ3n) is 3.74. The van der Waals surface area contributed by atoms with Crippen molar-refractivity contribution < 1.29 is 0 Å². The fourth-order valence-corrected chi connectivity index (χ4v) is 3.35. The molecule has 3 aromatic rings. The molecule has 3 nitrogen and oxygen atoms in total. The van der Waals surface area contributed by atoms with E-state index in [9.17, 15) is 4.79 Å². The van der Waals surface area contributed by atoms with E-state index in [-0.39, 0.29) is 5.56 Å². The molecule has 0 N–H and O–H groups in total. The van der Waals surface area contributed by atoms with Crippen LogP contribution in [0.25, 0.3) is 5.69 Å². The van der Waals surface area contributed by atoms with Crippen LogP contribution in [0.15, 0.2) is 69.2 Å². The van der Waals surface area contributed by atoms with Gasteiger partial charge in [-0.3, -0.25) is 9.48 Å². The Bertz CT molecular complexity index is 845. The van der Waals surface area contributed by atoms with E-state index >= 15 is 0 Å². The van der Waals surface area contributed by atoms with E-state index < -0.39 is 0 Å². The SMILES string of the molecule is Cc1ccc(Sc2c(C)n(C)n(-c3ccccc3)c2=O)cc1. The van der Waals surface area contributed by atoms with E-state index in [2.05, 4.69) is 31.2 Å². The van der Waals surface area contributed by atoms with Gasteiger partial charge in [-0.05, 0) is 38.1 Å². The molecule has 1 heterocycles. The van der Waals surface area contributed by atoms with Gasteiger partial charge in [0.05, 0.1) is 11.4 Å². The number of aryl methyl sites for hydroxylation is 1. The molecule has 0 aliphatic carbocycles. The van der Waals surface area contributed by atoms with Gasteiger partial charge < -0.3 is 0 Å². The maximum absolute atomic E-state index is 12.8. The van der Waals surface area contributed by atoms with Gasteiger partial charge in [0.1, 0.15) is 4.90 Å². The number of para-hydroxylation sites is 1. The number of hydrogen-bond acceptors (Lipinski definition) is 2. The second-order valence-electron chi connectivity index (χ2n) is 5.31. The van der Waals surface area contributed by atoms with Crippen LogP contribution in [0.2, 0.25) is 0 Å². The molecule has 0 spiro atoms. The largest absolute Gasteiger partial charge is 0.285 e. The van der Waals surface area contributed by atoms with Crippen molar-refractivity contribution in [3.8, 4) is 5.69 Å². The second kappa shape index (κ2) is 5.89. The summed E-state index contributed by atoms with van der Waals surface area (Å²) >= 11 is 1.53. The quantitative estimate of drug-likeness (QED) is 0.732. The van der Waals surface area contributed by atoms with E-state index in [1.54, 1.807) is 4.68 Å². The molecule has 4 heteroatoms. The summed E-state index contributed by atoms with van der Waals surface area (Å²) in [7, 11) is 1.92. The molecule has 22 heavy (non-hydrogen) atoms. The average molecular weight is 310 g/mol. The minimum absolute atomic E-state index is 0.0248. The fraction of sp³-hybridized carbons (Fsp3) is 0.167. The van der Waals surface area contributed by atoms with E-state index in [1.807, 2.05) is 49.0 Å². The van der Waals surface area contributed by atoms with Crippen molar-refractivity contribution in [3.63, 3.8) is 0 Å². The Hall–Kier alpha value is -2.20. The Kier molecular flexibility index (Phi) is 3.94. The molecule has 0 atom stereocenters. The maximum Gasteiger partial charge on any atom is 0.285 e. The molecule has 112 valence electrons. The third kappa shape index (κ3) is 2.62. The van der Waals surface area contributed by atoms with Gasteiger partial charge in [-0.15, -0.1) is 0 Å². The van der Waals surface area contributed by atoms with Gasteiger partial charge in [0, 0.05) is 11.9 Å². The van der Waals surface area contributed by atoms with Crippen LogP contribution >= 0.6 is 11.8 Å². The molecule has 3 rings (SSSR count). The van der Waals surface area contributed by atoms with Crippen molar-refractivity contribution in [1.29, 1.82) is 0 Å². The Labute approximate surface area is 134 Å². The van der Waals surface area contributed by atoms with Gasteiger partial charge in [-0.1, -0.05) is 47.7 Å². The van der Waals surface area contributed by atoms with Crippen LogP contribution in [0.3, 0.4) is 0 Å². The number of benzene rings is 2. The lowest BCUT2D eigenvalue weighted by Crippen LogP contribution is -2.19. The van der Waals surface area contributed by atoms with Crippen LogP contribution in [0.4, 0.5) is 0 Å². The van der Waals surface area contributed by atoms with Crippen LogP contribution in [0.5, 0.6) is 0 Å². The summed E-state index contributed by atoms with van der Waals surface area (Å²) in [6, 6.07) is 18.0. The molecule has 0 amide bonds. The first-order valence-corrected chi connectivity index (χ1v) is 7.98. The number of rotatable bonds is 3. The minimum Gasteiger partial charge on any atom is -0.284 e. The second-order valence-corrected chi connectivity index (χ2v) is 6.39. The Morgan fingerprint density at radius 2 is 1.55 bits per heavy atom. The summed E-state index contributed by atoms with van der Waals surface area (Å²) in [5.74, 6) is 0. The molecule has 0 saturated heterocycles. The van der Waals surface area contributed by atoms with E-state index in [0.717, 1.165) is 21.2 Å². The molecule has 1 aromatic heterocycles. The number of hydrogen-bond donors (Lipinski definition) is 0. The van der Waals surface area contributed by atoms with Crippen LogP contribution in [-0.4, -0.2) is 9.36 Å². The number of aromatic nitrogens is 2. The Balaban J connectivity index is 2.07. The van der Waals surface area contributed by atoms with Gasteiger partial charge >= 0.3 is 0 Å². The zero-order valence-electron chi connectivity index (χ0n) is 12.9. The van der Waals surface area contributed by atoms with Gasteiger partial charge in [-0.25, -0.2) is 4.68 Å². The molecule has 0 aliphatic heterocycles. The zero-order chi connectivity index (χ0) is 15.7. The highest BCUT2D eigenvalue weighted by Crippen LogP contribution is 2.28. The lowest BCUT2D eigenvalue weighted by atomic mass is 10.2. The summed E-state index contributed by atoms with van der Waals surface area (Å²) in [5, 5.41) is 0. The topological polar surface area (TPSA) is 26.9 Å². The van der Waals surface area contributed by atoms with Crippen molar-refractivity contribution >= 4 is 11.8 Å². The molecule has 0 aliphatic rings. The molecular formula is C18H18N2OS. The smallest absolute Gasteiger partial charge is 0.284 e. The van der Waals surface area contributed by atoms with Crippen LogP contribution in [0, 0.1) is 13.8 Å². The van der Waals surface area contributed by atoms with E-state index in [4.69, 9.17) is 0 Å². The normalized spacial score (nSPS) is 10.9. The van der Waals surface area contributed by atoms with Gasteiger partial charge in [0.15, 0.2) is 0 Å². The fourth-order valence-electron chi connectivity index (χ4n) is 2.39. The van der Waals surface area contributed by atoms with Crippen LogP contribution in [-0.2, 0) is 7.05 Å². The average Bonchev–Trinajstić information content (AvgIpc) is 2.74. The number of nitrogens with zero attached hydrogens (tertiary/aromatic N) is 2. The first-order valence-electron chi connectivity index (χ1n) is 7.16. The summed E-state index contributed by atoms with van der Waals surface area (Å²) in [6.07, 6.45) is 0. The molecule has 2 aromatic carbocycles. The van der Waals surface area contributed by atoms with Crippen molar-refractivity contribution in [2.75, 3.05) is 0 Å². The molecule has 0 fully saturated rings. The molecule has 0 bridgehead atoms. The highest BCUT2D eigenvalue weighted by Gasteiger charge is 2.16. The summed E-state index contributed by atoms with van der Waals surface area (Å²) < 4.78 is 3.63. The monoisotopic (exact) mass is 310 g/mol. The van der Waals surface area contributed by atoms with Gasteiger partial charge in [-0.2, -0.15) is 0 Å². The van der Waals surface area contributed by atoms with Gasteiger partial charge in [0.25, 0.3) is 5.56 Å². The lowest BCUT2D eigenvalue weighted by molar-refractivity contribution is 0.630. The molecule has 0 saturated carbocycles. The summed E-state index contributed by atoms with van der Waals surface area (Å²) in [5.41, 5.74) is 3.10.